The Morgan fingerprint density at radius 2 is 2.04 bits per heavy atom. The summed E-state index contributed by atoms with van der Waals surface area (Å²) >= 11 is 0. The second-order valence-electron chi connectivity index (χ2n) is 7.63. The summed E-state index contributed by atoms with van der Waals surface area (Å²) in [7, 11) is 2.48. The van der Waals surface area contributed by atoms with Crippen LogP contribution in [0.5, 0.6) is 0 Å². The highest BCUT2D eigenvalue weighted by Crippen LogP contribution is 2.39. The summed E-state index contributed by atoms with van der Waals surface area (Å²) in [5.74, 6) is 1.45. The number of piperazine rings is 1. The second-order valence-corrected chi connectivity index (χ2v) is 7.63. The van der Waals surface area contributed by atoms with E-state index in [1.807, 2.05) is 0 Å². The average Bonchev–Trinajstić information content (AvgIpc) is 2.87. The normalized spacial score (nSPS) is 33.1. The molecule has 3 rings (SSSR count). The van der Waals surface area contributed by atoms with Gasteiger partial charge in [0, 0.05) is 19.0 Å². The lowest BCUT2D eigenvalue weighted by Gasteiger charge is -2.49. The van der Waals surface area contributed by atoms with Crippen LogP contribution in [0, 0.1) is 5.92 Å². The molecule has 4 atom stereocenters. The molecule has 23 heavy (non-hydrogen) atoms. The molecular formula is C21H33N2+. The maximum absolute atomic E-state index is 3.70. The van der Waals surface area contributed by atoms with Gasteiger partial charge in [0.2, 0.25) is 0 Å². The average molecular weight is 314 g/mol. The van der Waals surface area contributed by atoms with Crippen LogP contribution < -0.4 is 5.32 Å². The molecule has 4 unspecified atom stereocenters. The molecule has 2 nitrogen and oxygen atoms in total. The molecule has 1 fully saturated rings. The van der Waals surface area contributed by atoms with Crippen LogP contribution in [-0.2, 0) is 0 Å². The molecule has 0 saturated carbocycles. The number of hydrogen-bond donors (Lipinski definition) is 1. The van der Waals surface area contributed by atoms with Gasteiger partial charge in [0.05, 0.1) is 20.1 Å². The first-order valence-corrected chi connectivity index (χ1v) is 9.49. The summed E-state index contributed by atoms with van der Waals surface area (Å²) in [6.45, 7) is 7.18. The molecule has 1 N–H and O–H groups in total. The zero-order valence-corrected chi connectivity index (χ0v) is 14.9. The van der Waals surface area contributed by atoms with Crippen molar-refractivity contribution in [3.63, 3.8) is 0 Å². The minimum atomic E-state index is 0.664. The van der Waals surface area contributed by atoms with Gasteiger partial charge in [-0.2, -0.15) is 0 Å². The van der Waals surface area contributed by atoms with Crippen molar-refractivity contribution in [2.75, 3.05) is 33.2 Å². The van der Waals surface area contributed by atoms with Gasteiger partial charge < -0.3 is 9.80 Å². The molecule has 0 amide bonds. The first kappa shape index (κ1) is 16.7. The van der Waals surface area contributed by atoms with Crippen molar-refractivity contribution >= 4 is 0 Å². The Morgan fingerprint density at radius 3 is 2.83 bits per heavy atom. The number of likely N-dealkylation sites (N-methyl/N-ethyl adjacent to an activating group) is 1. The molecule has 1 heterocycles. The molecule has 0 radical (unpaired) electrons. The lowest BCUT2D eigenvalue weighted by atomic mass is 9.75. The van der Waals surface area contributed by atoms with E-state index in [0.717, 1.165) is 19.0 Å². The molecular weight excluding hydrogens is 280 g/mol. The van der Waals surface area contributed by atoms with Gasteiger partial charge in [0.25, 0.3) is 0 Å². The van der Waals surface area contributed by atoms with Crippen LogP contribution in [-0.4, -0.2) is 43.8 Å². The van der Waals surface area contributed by atoms with Gasteiger partial charge in [-0.1, -0.05) is 42.5 Å². The number of hydrogen-bond acceptors (Lipinski definition) is 1. The van der Waals surface area contributed by atoms with E-state index >= 15 is 0 Å². The molecule has 0 bridgehead atoms. The van der Waals surface area contributed by atoms with Gasteiger partial charge in [-0.15, -0.1) is 0 Å². The van der Waals surface area contributed by atoms with E-state index in [0.29, 0.717) is 12.0 Å². The summed E-state index contributed by atoms with van der Waals surface area (Å²) in [5, 5.41) is 3.70. The zero-order valence-electron chi connectivity index (χ0n) is 14.9. The van der Waals surface area contributed by atoms with Gasteiger partial charge in [0.15, 0.2) is 0 Å². The van der Waals surface area contributed by atoms with Crippen LogP contribution in [0.2, 0.25) is 0 Å². The molecule has 0 spiro atoms. The molecule has 1 aromatic carbocycles. The largest absolute Gasteiger partial charge is 0.321 e. The van der Waals surface area contributed by atoms with Crippen LogP contribution in [0.3, 0.4) is 0 Å². The van der Waals surface area contributed by atoms with E-state index < -0.39 is 0 Å². The molecule has 1 aliphatic heterocycles. The van der Waals surface area contributed by atoms with Crippen molar-refractivity contribution < 1.29 is 4.48 Å². The van der Waals surface area contributed by atoms with Gasteiger partial charge in [-0.05, 0) is 44.1 Å². The van der Waals surface area contributed by atoms with Gasteiger partial charge >= 0.3 is 0 Å². The Morgan fingerprint density at radius 1 is 1.22 bits per heavy atom. The molecule has 0 aromatic heterocycles. The summed E-state index contributed by atoms with van der Waals surface area (Å²) in [4.78, 5) is 0. The number of nitrogens with zero attached hydrogens (tertiary/aromatic N) is 1. The van der Waals surface area contributed by atoms with Crippen molar-refractivity contribution in [1.29, 1.82) is 0 Å². The lowest BCUT2D eigenvalue weighted by Crippen LogP contribution is -2.65. The first-order chi connectivity index (χ1) is 11.2. The van der Waals surface area contributed by atoms with Crippen LogP contribution >= 0.6 is 0 Å². The minimum Gasteiger partial charge on any atom is -0.321 e. The fraction of sp³-hybridized carbons (Fsp3) is 0.619. The molecule has 2 aliphatic rings. The molecule has 126 valence electrons. The van der Waals surface area contributed by atoms with Crippen LogP contribution in [0.25, 0.3) is 0 Å². The summed E-state index contributed by atoms with van der Waals surface area (Å²) < 4.78 is 1.22. The highest BCUT2D eigenvalue weighted by atomic mass is 15.4. The van der Waals surface area contributed by atoms with Crippen LogP contribution in [0.1, 0.15) is 44.1 Å². The number of nitrogens with one attached hydrogen (secondary N) is 1. The fourth-order valence-corrected chi connectivity index (χ4v) is 4.69. The van der Waals surface area contributed by atoms with Crippen molar-refractivity contribution in [3.05, 3.63) is 48.0 Å². The Hall–Kier alpha value is -1.12. The second kappa shape index (κ2) is 7.63. The predicted molar refractivity (Wildman–Crippen MR) is 98.5 cm³/mol. The van der Waals surface area contributed by atoms with Crippen LogP contribution in [0.4, 0.5) is 0 Å². The smallest absolute Gasteiger partial charge is 0.109 e. The number of benzene rings is 1. The Labute approximate surface area is 142 Å². The van der Waals surface area contributed by atoms with E-state index in [4.69, 9.17) is 0 Å². The van der Waals surface area contributed by atoms with Crippen LogP contribution in [0.15, 0.2) is 42.5 Å². The van der Waals surface area contributed by atoms with E-state index in [1.54, 1.807) is 5.56 Å². The van der Waals surface area contributed by atoms with E-state index in [9.17, 15) is 0 Å². The monoisotopic (exact) mass is 313 g/mol. The highest BCUT2D eigenvalue weighted by Gasteiger charge is 2.43. The Balaban J connectivity index is 1.95. The molecule has 2 heteroatoms. The summed E-state index contributed by atoms with van der Waals surface area (Å²) in [6, 6.07) is 12.0. The highest BCUT2D eigenvalue weighted by molar-refractivity contribution is 5.23. The topological polar surface area (TPSA) is 12.0 Å². The Bertz CT molecular complexity index is 510. The Kier molecular flexibility index (Phi) is 5.55. The number of quaternary nitrogens is 1. The molecule has 1 aromatic rings. The number of allylic oxidation sites excluding steroid dienone is 2. The summed E-state index contributed by atoms with van der Waals surface area (Å²) in [6.07, 6.45) is 10.1. The van der Waals surface area contributed by atoms with Crippen molar-refractivity contribution in [1.82, 2.24) is 5.32 Å². The predicted octanol–water partition coefficient (Wildman–Crippen LogP) is 3.95. The summed E-state index contributed by atoms with van der Waals surface area (Å²) in [5.41, 5.74) is 1.55. The van der Waals surface area contributed by atoms with Gasteiger partial charge in [0.1, 0.15) is 6.04 Å². The van der Waals surface area contributed by atoms with Gasteiger partial charge in [-0.25, -0.2) is 0 Å². The zero-order chi connectivity index (χ0) is 16.1. The maximum Gasteiger partial charge on any atom is 0.109 e. The molecule has 1 saturated heterocycles. The van der Waals surface area contributed by atoms with Crippen molar-refractivity contribution in [3.8, 4) is 0 Å². The molecule has 1 aliphatic carbocycles. The van der Waals surface area contributed by atoms with E-state index in [2.05, 4.69) is 61.8 Å². The third kappa shape index (κ3) is 3.70. The maximum atomic E-state index is 3.70. The van der Waals surface area contributed by atoms with Gasteiger partial charge in [-0.3, -0.25) is 0 Å². The number of rotatable bonds is 4. The van der Waals surface area contributed by atoms with E-state index in [-0.39, 0.29) is 0 Å². The van der Waals surface area contributed by atoms with Crippen molar-refractivity contribution in [2.24, 2.45) is 5.92 Å². The quantitative estimate of drug-likeness (QED) is 0.655. The van der Waals surface area contributed by atoms with Crippen molar-refractivity contribution in [2.45, 2.75) is 44.6 Å². The first-order valence-electron chi connectivity index (χ1n) is 9.49. The standard InChI is InChI=1S/C21H33N2/c1-3-23(2)16-15-22-17-20(23)21(19-13-9-6-10-14-19)18-11-7-4-5-8-12-18/h4,6-7,9-10,13-14,18,20-22H,3,5,8,11-12,15-17H2,1-2H3/q+1. The van der Waals surface area contributed by atoms with E-state index in [1.165, 1.54) is 43.3 Å². The minimum absolute atomic E-state index is 0.664. The SMILES string of the molecule is CC[N+]1(C)CCNCC1C(c1ccccc1)C1CC=CCCC1. The fourth-order valence-electron chi connectivity index (χ4n) is 4.69. The third-order valence-corrected chi connectivity index (χ3v) is 6.33. The third-order valence-electron chi connectivity index (χ3n) is 6.33. The lowest BCUT2D eigenvalue weighted by molar-refractivity contribution is -0.935.